The number of rotatable bonds is 5. The van der Waals surface area contributed by atoms with E-state index in [9.17, 15) is 4.79 Å². The van der Waals surface area contributed by atoms with Crippen molar-refractivity contribution in [2.75, 3.05) is 17.7 Å². The van der Waals surface area contributed by atoms with Gasteiger partial charge in [0.05, 0.1) is 24.2 Å². The minimum absolute atomic E-state index is 0.176. The fourth-order valence-electron chi connectivity index (χ4n) is 2.22. The van der Waals surface area contributed by atoms with Crippen molar-refractivity contribution in [3.05, 3.63) is 36.3 Å². The van der Waals surface area contributed by atoms with Gasteiger partial charge in [0, 0.05) is 18.3 Å². The Labute approximate surface area is 122 Å². The van der Waals surface area contributed by atoms with E-state index in [1.54, 1.807) is 24.4 Å². The van der Waals surface area contributed by atoms with E-state index < -0.39 is 0 Å². The van der Waals surface area contributed by atoms with Gasteiger partial charge in [-0.15, -0.1) is 0 Å². The van der Waals surface area contributed by atoms with Gasteiger partial charge in [-0.25, -0.2) is 4.98 Å². The second-order valence-electron chi connectivity index (χ2n) is 5.07. The van der Waals surface area contributed by atoms with Crippen LogP contribution in [0.15, 0.2) is 30.6 Å². The van der Waals surface area contributed by atoms with Crippen molar-refractivity contribution in [2.24, 2.45) is 0 Å². The number of nitrogen functional groups attached to an aromatic ring is 1. The van der Waals surface area contributed by atoms with Gasteiger partial charge < -0.3 is 20.4 Å². The zero-order valence-electron chi connectivity index (χ0n) is 11.9. The predicted molar refractivity (Wildman–Crippen MR) is 80.5 cm³/mol. The second kappa shape index (κ2) is 5.47. The first-order valence-electron chi connectivity index (χ1n) is 7.05. The summed E-state index contributed by atoms with van der Waals surface area (Å²) in [6, 6.07) is 5.61. The first-order chi connectivity index (χ1) is 10.2. The van der Waals surface area contributed by atoms with Crippen LogP contribution in [0.1, 0.15) is 36.3 Å². The highest BCUT2D eigenvalue weighted by Crippen LogP contribution is 2.37. The molecule has 1 aliphatic rings. The molecule has 0 aromatic carbocycles. The van der Waals surface area contributed by atoms with Crippen molar-refractivity contribution >= 4 is 17.3 Å². The lowest BCUT2D eigenvalue weighted by atomic mass is 10.3. The van der Waals surface area contributed by atoms with Gasteiger partial charge in [0.25, 0.3) is 5.91 Å². The van der Waals surface area contributed by atoms with Gasteiger partial charge in [0.15, 0.2) is 0 Å². The SMILES string of the molecule is CCOc1ccc(NC(=O)c2cc(N)cn2C2CC2)cn1. The zero-order valence-corrected chi connectivity index (χ0v) is 11.9. The maximum atomic E-state index is 12.3. The number of amides is 1. The molecule has 6 nitrogen and oxygen atoms in total. The summed E-state index contributed by atoms with van der Waals surface area (Å²) in [5.41, 5.74) is 7.62. The molecule has 2 aromatic heterocycles. The molecule has 0 saturated heterocycles. The molecule has 1 saturated carbocycles. The number of nitrogens with one attached hydrogen (secondary N) is 1. The average molecular weight is 286 g/mol. The summed E-state index contributed by atoms with van der Waals surface area (Å²) in [6.07, 6.45) is 5.59. The summed E-state index contributed by atoms with van der Waals surface area (Å²) in [5, 5.41) is 2.83. The van der Waals surface area contributed by atoms with Gasteiger partial charge in [-0.1, -0.05) is 0 Å². The molecule has 3 rings (SSSR count). The number of hydrogen-bond donors (Lipinski definition) is 2. The normalized spacial score (nSPS) is 14.0. The monoisotopic (exact) mass is 286 g/mol. The molecule has 110 valence electrons. The molecular weight excluding hydrogens is 268 g/mol. The molecule has 0 radical (unpaired) electrons. The van der Waals surface area contributed by atoms with Crippen LogP contribution in [0.25, 0.3) is 0 Å². The molecule has 3 N–H and O–H groups in total. The van der Waals surface area contributed by atoms with E-state index >= 15 is 0 Å². The number of nitrogens with zero attached hydrogens (tertiary/aromatic N) is 2. The number of hydrogen-bond acceptors (Lipinski definition) is 4. The van der Waals surface area contributed by atoms with Crippen LogP contribution in [-0.4, -0.2) is 22.1 Å². The second-order valence-corrected chi connectivity index (χ2v) is 5.07. The standard InChI is InChI=1S/C15H18N4O2/c1-2-21-14-6-3-11(8-17-14)18-15(20)13-7-10(16)9-19(13)12-4-5-12/h3,6-9,12H,2,4-5,16H2,1H3,(H,18,20). The number of ether oxygens (including phenoxy) is 1. The molecule has 0 bridgehead atoms. The molecule has 6 heteroatoms. The molecule has 0 spiro atoms. The Morgan fingerprint density at radius 3 is 2.95 bits per heavy atom. The average Bonchev–Trinajstić information content (AvgIpc) is 3.24. The van der Waals surface area contributed by atoms with Gasteiger partial charge >= 0.3 is 0 Å². The number of carbonyl (C=O) groups excluding carboxylic acids is 1. The van der Waals surface area contributed by atoms with Crippen LogP contribution in [0.3, 0.4) is 0 Å². The Bertz CT molecular complexity index is 644. The maximum absolute atomic E-state index is 12.3. The molecule has 2 heterocycles. The van der Waals surface area contributed by atoms with Gasteiger partial charge in [0.2, 0.25) is 5.88 Å². The Morgan fingerprint density at radius 1 is 1.52 bits per heavy atom. The molecular formula is C15H18N4O2. The summed E-state index contributed by atoms with van der Waals surface area (Å²) in [4.78, 5) is 16.5. The highest BCUT2D eigenvalue weighted by atomic mass is 16.5. The highest BCUT2D eigenvalue weighted by Gasteiger charge is 2.27. The molecule has 0 aliphatic heterocycles. The van der Waals surface area contributed by atoms with Crippen molar-refractivity contribution in [3.8, 4) is 5.88 Å². The van der Waals surface area contributed by atoms with E-state index in [1.165, 1.54) is 0 Å². The van der Waals surface area contributed by atoms with Crippen molar-refractivity contribution < 1.29 is 9.53 Å². The topological polar surface area (TPSA) is 82.2 Å². The predicted octanol–water partition coefficient (Wildman–Crippen LogP) is 2.45. The van der Waals surface area contributed by atoms with E-state index in [1.807, 2.05) is 17.7 Å². The van der Waals surface area contributed by atoms with Crippen molar-refractivity contribution in [1.29, 1.82) is 0 Å². The number of nitrogens with two attached hydrogens (primary N) is 1. The minimum Gasteiger partial charge on any atom is -0.478 e. The largest absolute Gasteiger partial charge is 0.478 e. The molecule has 0 atom stereocenters. The Balaban J connectivity index is 1.73. The molecule has 1 aliphatic carbocycles. The summed E-state index contributed by atoms with van der Waals surface area (Å²) in [5.74, 6) is 0.366. The van der Waals surface area contributed by atoms with E-state index in [4.69, 9.17) is 10.5 Å². The Morgan fingerprint density at radius 2 is 2.33 bits per heavy atom. The number of pyridine rings is 1. The molecule has 0 unspecified atom stereocenters. The quantitative estimate of drug-likeness (QED) is 0.884. The van der Waals surface area contributed by atoms with Crippen molar-refractivity contribution in [3.63, 3.8) is 0 Å². The van der Waals surface area contributed by atoms with Crippen LogP contribution < -0.4 is 15.8 Å². The van der Waals surface area contributed by atoms with E-state index in [0.29, 0.717) is 35.6 Å². The number of carbonyl (C=O) groups is 1. The summed E-state index contributed by atoms with van der Waals surface area (Å²) in [7, 11) is 0. The Hall–Kier alpha value is -2.50. The zero-order chi connectivity index (χ0) is 14.8. The molecule has 1 amide bonds. The summed E-state index contributed by atoms with van der Waals surface area (Å²) in [6.45, 7) is 2.46. The van der Waals surface area contributed by atoms with Crippen LogP contribution in [0, 0.1) is 0 Å². The summed E-state index contributed by atoms with van der Waals surface area (Å²) < 4.78 is 7.22. The van der Waals surface area contributed by atoms with Crippen molar-refractivity contribution in [1.82, 2.24) is 9.55 Å². The lowest BCUT2D eigenvalue weighted by molar-refractivity contribution is 0.101. The van der Waals surface area contributed by atoms with E-state index in [2.05, 4.69) is 10.3 Å². The van der Waals surface area contributed by atoms with Gasteiger partial charge in [-0.2, -0.15) is 0 Å². The Kier molecular flexibility index (Phi) is 3.51. The van der Waals surface area contributed by atoms with E-state index in [-0.39, 0.29) is 5.91 Å². The highest BCUT2D eigenvalue weighted by molar-refractivity contribution is 6.03. The van der Waals surface area contributed by atoms with Gasteiger partial charge in [-0.05, 0) is 31.9 Å². The van der Waals surface area contributed by atoms with Crippen LogP contribution in [0.4, 0.5) is 11.4 Å². The number of aromatic nitrogens is 2. The van der Waals surface area contributed by atoms with Gasteiger partial charge in [-0.3, -0.25) is 4.79 Å². The van der Waals surface area contributed by atoms with Crippen molar-refractivity contribution in [2.45, 2.75) is 25.8 Å². The third-order valence-electron chi connectivity index (χ3n) is 3.33. The maximum Gasteiger partial charge on any atom is 0.272 e. The molecule has 21 heavy (non-hydrogen) atoms. The third-order valence-corrected chi connectivity index (χ3v) is 3.33. The fraction of sp³-hybridized carbons (Fsp3) is 0.333. The van der Waals surface area contributed by atoms with Crippen LogP contribution >= 0.6 is 0 Å². The fourth-order valence-corrected chi connectivity index (χ4v) is 2.22. The summed E-state index contributed by atoms with van der Waals surface area (Å²) >= 11 is 0. The van der Waals surface area contributed by atoms with Gasteiger partial charge in [0.1, 0.15) is 5.69 Å². The smallest absolute Gasteiger partial charge is 0.272 e. The third kappa shape index (κ3) is 2.99. The van der Waals surface area contributed by atoms with Crippen LogP contribution in [0.5, 0.6) is 5.88 Å². The first kappa shape index (κ1) is 13.5. The lowest BCUT2D eigenvalue weighted by Gasteiger charge is -2.09. The van der Waals surface area contributed by atoms with E-state index in [0.717, 1.165) is 12.8 Å². The first-order valence-corrected chi connectivity index (χ1v) is 7.05. The van der Waals surface area contributed by atoms with Crippen LogP contribution in [0.2, 0.25) is 0 Å². The number of anilines is 2. The minimum atomic E-state index is -0.176. The molecule has 2 aromatic rings. The van der Waals surface area contributed by atoms with Crippen LogP contribution in [-0.2, 0) is 0 Å². The lowest BCUT2D eigenvalue weighted by Crippen LogP contribution is -2.16. The molecule has 1 fully saturated rings.